The van der Waals surface area contributed by atoms with Crippen LogP contribution in [0.2, 0.25) is 0 Å². The highest BCUT2D eigenvalue weighted by Gasteiger charge is 2.45. The molecule has 1 fully saturated rings. The minimum absolute atomic E-state index is 0.0520. The van der Waals surface area contributed by atoms with Gasteiger partial charge in [0.25, 0.3) is 0 Å². The van der Waals surface area contributed by atoms with Crippen LogP contribution in [0.25, 0.3) is 6.08 Å². The molecule has 5 atom stereocenters. The van der Waals surface area contributed by atoms with E-state index >= 15 is 0 Å². The smallest absolute Gasteiger partial charge is 0.235 e. The lowest BCUT2D eigenvalue weighted by atomic mass is 9.99. The van der Waals surface area contributed by atoms with Crippen LogP contribution in [-0.2, 0) is 4.74 Å². The number of benzene rings is 2. The lowest BCUT2D eigenvalue weighted by Crippen LogP contribution is -2.60. The number of hydrogen-bond acceptors (Lipinski definition) is 11. The molecule has 2 aromatic carbocycles. The van der Waals surface area contributed by atoms with Crippen molar-refractivity contribution in [2.75, 3.05) is 6.61 Å². The Morgan fingerprint density at radius 1 is 0.969 bits per heavy atom. The number of phenols is 3. The minimum atomic E-state index is -1.72. The summed E-state index contributed by atoms with van der Waals surface area (Å²) in [6.07, 6.45) is -6.51. The molecule has 32 heavy (non-hydrogen) atoms. The summed E-state index contributed by atoms with van der Waals surface area (Å²) in [4.78, 5) is 12.9. The number of allylic oxidation sites excluding steroid dienone is 1. The van der Waals surface area contributed by atoms with Crippen LogP contribution in [0.4, 0.5) is 0 Å². The highest BCUT2D eigenvalue weighted by molar-refractivity contribution is 6.16. The van der Waals surface area contributed by atoms with Crippen LogP contribution >= 0.6 is 0 Å². The highest BCUT2D eigenvalue weighted by Crippen LogP contribution is 2.42. The van der Waals surface area contributed by atoms with Crippen molar-refractivity contribution in [2.45, 2.75) is 30.7 Å². The number of ether oxygens (including phenoxy) is 3. The molecule has 0 aromatic heterocycles. The second kappa shape index (κ2) is 8.30. The Labute approximate surface area is 180 Å². The normalized spacial score (nSPS) is 28.4. The lowest BCUT2D eigenvalue weighted by molar-refractivity contribution is -0.277. The molecule has 0 bridgehead atoms. The van der Waals surface area contributed by atoms with Crippen molar-refractivity contribution in [2.24, 2.45) is 0 Å². The van der Waals surface area contributed by atoms with Crippen molar-refractivity contribution in [3.05, 3.63) is 47.2 Å². The lowest BCUT2D eigenvalue weighted by Gasteiger charge is -2.39. The third-order valence-electron chi connectivity index (χ3n) is 5.11. The number of carbonyl (C=O) groups is 1. The maximum atomic E-state index is 12.9. The topological polar surface area (TPSA) is 186 Å². The molecule has 0 radical (unpaired) electrons. The number of hydrogen-bond donors (Lipinski definition) is 7. The Morgan fingerprint density at radius 3 is 2.41 bits per heavy atom. The first-order valence-corrected chi connectivity index (χ1v) is 9.50. The first kappa shape index (κ1) is 21.9. The van der Waals surface area contributed by atoms with Crippen molar-refractivity contribution in [1.29, 1.82) is 0 Å². The van der Waals surface area contributed by atoms with Gasteiger partial charge in [-0.3, -0.25) is 4.79 Å². The molecular formula is C21H20O11. The molecule has 7 N–H and O–H groups in total. The average Bonchev–Trinajstić information content (AvgIpc) is 3.06. The van der Waals surface area contributed by atoms with Crippen LogP contribution < -0.4 is 9.47 Å². The van der Waals surface area contributed by atoms with Gasteiger partial charge in [0.1, 0.15) is 47.2 Å². The van der Waals surface area contributed by atoms with E-state index < -0.39 is 48.8 Å². The molecule has 0 unspecified atom stereocenters. The zero-order chi connectivity index (χ0) is 23.2. The first-order chi connectivity index (χ1) is 15.2. The van der Waals surface area contributed by atoms with E-state index in [4.69, 9.17) is 14.2 Å². The molecule has 2 aliphatic heterocycles. The number of ketones is 1. The van der Waals surface area contributed by atoms with E-state index in [2.05, 4.69) is 0 Å². The summed E-state index contributed by atoms with van der Waals surface area (Å²) in [6.45, 7) is -0.669. The third-order valence-corrected chi connectivity index (χ3v) is 5.11. The van der Waals surface area contributed by atoms with Gasteiger partial charge in [0.2, 0.25) is 12.1 Å². The van der Waals surface area contributed by atoms with Gasteiger partial charge in [-0.05, 0) is 23.8 Å². The summed E-state index contributed by atoms with van der Waals surface area (Å²) in [5.41, 5.74) is 0.242. The number of rotatable bonds is 4. The zero-order valence-corrected chi connectivity index (χ0v) is 16.3. The molecule has 11 heteroatoms. The number of aromatic hydroxyl groups is 3. The minimum Gasteiger partial charge on any atom is -0.508 e. The van der Waals surface area contributed by atoms with E-state index in [-0.39, 0.29) is 34.3 Å². The van der Waals surface area contributed by atoms with Crippen molar-refractivity contribution < 1.29 is 54.8 Å². The predicted molar refractivity (Wildman–Crippen MR) is 105 cm³/mol. The van der Waals surface area contributed by atoms with Gasteiger partial charge >= 0.3 is 0 Å². The van der Waals surface area contributed by atoms with Crippen LogP contribution in [-0.4, -0.2) is 78.8 Å². The maximum Gasteiger partial charge on any atom is 0.235 e. The molecule has 0 amide bonds. The van der Waals surface area contributed by atoms with Crippen LogP contribution in [0, 0.1) is 0 Å². The largest absolute Gasteiger partial charge is 0.508 e. The van der Waals surface area contributed by atoms with Crippen LogP contribution in [0.1, 0.15) is 15.9 Å². The molecule has 0 spiro atoms. The average molecular weight is 448 g/mol. The van der Waals surface area contributed by atoms with E-state index in [9.17, 15) is 40.5 Å². The van der Waals surface area contributed by atoms with E-state index in [0.717, 1.165) is 6.07 Å². The molecular weight excluding hydrogens is 428 g/mol. The van der Waals surface area contributed by atoms with Crippen molar-refractivity contribution in [1.82, 2.24) is 0 Å². The number of aliphatic hydroxyl groups is 4. The van der Waals surface area contributed by atoms with Gasteiger partial charge in [-0.25, -0.2) is 0 Å². The molecule has 0 saturated carbocycles. The van der Waals surface area contributed by atoms with Gasteiger partial charge in [-0.1, -0.05) is 6.07 Å². The van der Waals surface area contributed by atoms with Gasteiger partial charge in [-0.2, -0.15) is 0 Å². The van der Waals surface area contributed by atoms with Crippen molar-refractivity contribution in [3.8, 4) is 28.7 Å². The first-order valence-electron chi connectivity index (χ1n) is 9.50. The van der Waals surface area contributed by atoms with Gasteiger partial charge in [0, 0.05) is 12.1 Å². The molecule has 170 valence electrons. The van der Waals surface area contributed by atoms with E-state index in [1.807, 2.05) is 0 Å². The monoisotopic (exact) mass is 448 g/mol. The Kier molecular flexibility index (Phi) is 5.67. The SMILES string of the molecule is O=C1/C(=C\c2ccc(O)c(O)c2)Oc2cc(O)cc(O[C@@H]3O[C@H](CO)[C@@H](O)[C@H](O)[C@H]3O)c21. The summed E-state index contributed by atoms with van der Waals surface area (Å²) < 4.78 is 16.3. The molecule has 0 aliphatic carbocycles. The summed E-state index contributed by atoms with van der Waals surface area (Å²) in [5.74, 6) is -2.17. The number of Topliss-reactive ketones (excluding diaryl/α,β-unsaturated/α-hetero) is 1. The molecule has 11 nitrogen and oxygen atoms in total. The van der Waals surface area contributed by atoms with Crippen molar-refractivity contribution >= 4 is 11.9 Å². The quantitative estimate of drug-likeness (QED) is 0.238. The fraction of sp³-hybridized carbons (Fsp3) is 0.286. The number of phenolic OH excluding ortho intramolecular Hbond substituents is 3. The van der Waals surface area contributed by atoms with Gasteiger partial charge in [0.05, 0.1) is 6.61 Å². The standard InChI is InChI=1S/C21H20O11/c22-7-15-18(27)19(28)20(29)21(32-15)31-13-6-9(23)5-12-16(13)17(26)14(30-12)4-8-1-2-10(24)11(25)3-8/h1-6,15,18-25,27-29H,7H2/b14-4+/t15-,18-,19+,20-,21-/m1/s1. The van der Waals surface area contributed by atoms with Crippen LogP contribution in [0.3, 0.4) is 0 Å². The summed E-state index contributed by atoms with van der Waals surface area (Å²) in [7, 11) is 0. The fourth-order valence-electron chi connectivity index (χ4n) is 3.43. The molecule has 4 rings (SSSR count). The Balaban J connectivity index is 1.65. The molecule has 1 saturated heterocycles. The van der Waals surface area contributed by atoms with Gasteiger partial charge in [-0.15, -0.1) is 0 Å². The van der Waals surface area contributed by atoms with E-state index in [1.54, 1.807) is 0 Å². The predicted octanol–water partition coefficient (Wildman–Crippen LogP) is -0.402. The highest BCUT2D eigenvalue weighted by atomic mass is 16.7. The van der Waals surface area contributed by atoms with Crippen molar-refractivity contribution in [3.63, 3.8) is 0 Å². The summed E-state index contributed by atoms with van der Waals surface area (Å²) >= 11 is 0. The molecule has 2 aliphatic rings. The van der Waals surface area contributed by atoms with E-state index in [1.165, 1.54) is 30.3 Å². The van der Waals surface area contributed by atoms with E-state index in [0.29, 0.717) is 5.56 Å². The maximum absolute atomic E-state index is 12.9. The molecule has 2 heterocycles. The zero-order valence-electron chi connectivity index (χ0n) is 16.3. The Bertz CT molecular complexity index is 1080. The fourth-order valence-corrected chi connectivity index (χ4v) is 3.43. The van der Waals surface area contributed by atoms with Gasteiger partial charge in [0.15, 0.2) is 17.3 Å². The number of aliphatic hydroxyl groups excluding tert-OH is 4. The molecule has 2 aromatic rings. The van der Waals surface area contributed by atoms with Gasteiger partial charge < -0.3 is 50.0 Å². The summed E-state index contributed by atoms with van der Waals surface area (Å²) in [5, 5.41) is 68.4. The third kappa shape index (κ3) is 3.83. The van der Waals surface area contributed by atoms with Crippen LogP contribution in [0.15, 0.2) is 36.1 Å². The van der Waals surface area contributed by atoms with Crippen LogP contribution in [0.5, 0.6) is 28.7 Å². The number of fused-ring (bicyclic) bond motifs is 1. The Morgan fingerprint density at radius 2 is 1.72 bits per heavy atom. The summed E-state index contributed by atoms with van der Waals surface area (Å²) in [6, 6.07) is 6.13. The number of carbonyl (C=O) groups excluding carboxylic acids is 1. The Hall–Kier alpha value is -3.35. The second-order valence-corrected chi connectivity index (χ2v) is 7.32. The second-order valence-electron chi connectivity index (χ2n) is 7.32.